The molecule has 0 spiro atoms. The van der Waals surface area contributed by atoms with Crippen LogP contribution in [0.1, 0.15) is 58.2 Å². The van der Waals surface area contributed by atoms with E-state index in [1.807, 2.05) is 58.1 Å². The Morgan fingerprint density at radius 3 is 1.64 bits per heavy atom. The second-order valence-corrected chi connectivity index (χ2v) is 8.85. The van der Waals surface area contributed by atoms with E-state index in [4.69, 9.17) is 0 Å². The van der Waals surface area contributed by atoms with Crippen molar-refractivity contribution < 1.29 is 0 Å². The Hall–Kier alpha value is -3.45. The van der Waals surface area contributed by atoms with Gasteiger partial charge in [0.05, 0.1) is 5.71 Å². The summed E-state index contributed by atoms with van der Waals surface area (Å²) in [6, 6.07) is 19.1. The van der Waals surface area contributed by atoms with Crippen LogP contribution in [0.2, 0.25) is 0 Å². The normalized spacial score (nSPS) is 11.0. The molecule has 2 aromatic carbocycles. The van der Waals surface area contributed by atoms with Crippen molar-refractivity contribution in [2.45, 2.75) is 61.3 Å². The number of aliphatic imine (C=N–C) groups is 1. The summed E-state index contributed by atoms with van der Waals surface area (Å²) in [5.74, 6) is 0. The van der Waals surface area contributed by atoms with E-state index in [9.17, 15) is 0 Å². The maximum absolute atomic E-state index is 4.36. The molecule has 0 saturated carbocycles. The van der Waals surface area contributed by atoms with Crippen LogP contribution in [0.15, 0.2) is 131 Å². The summed E-state index contributed by atoms with van der Waals surface area (Å²) in [5, 5.41) is 0. The maximum Gasteiger partial charge on any atom is 0.0649 e. The largest absolute Gasteiger partial charge is 0.288 e. The van der Waals surface area contributed by atoms with Crippen LogP contribution in [0, 0.1) is 6.92 Å². The average Bonchev–Trinajstić information content (AvgIpc) is 2.85. The molecule has 192 valence electrons. The molecule has 0 aliphatic heterocycles. The summed E-state index contributed by atoms with van der Waals surface area (Å²) in [6.07, 6.45) is 10.4. The fourth-order valence-corrected chi connectivity index (χ4v) is 3.21. The van der Waals surface area contributed by atoms with Crippen LogP contribution in [0.5, 0.6) is 0 Å². The molecule has 0 unspecified atom stereocenters. The molecule has 2 rings (SSSR count). The van der Waals surface area contributed by atoms with E-state index in [0.29, 0.717) is 0 Å². The number of aryl methyl sites for hydroxylation is 3. The van der Waals surface area contributed by atoms with Gasteiger partial charge in [-0.05, 0) is 75.8 Å². The maximum atomic E-state index is 4.36. The number of hydrogen-bond acceptors (Lipinski definition) is 1. The zero-order valence-electron chi connectivity index (χ0n) is 24.0. The predicted molar refractivity (Wildman–Crippen MR) is 165 cm³/mol. The quantitative estimate of drug-likeness (QED) is 0.263. The van der Waals surface area contributed by atoms with Gasteiger partial charge < -0.3 is 0 Å². The van der Waals surface area contributed by atoms with Crippen molar-refractivity contribution in [2.75, 3.05) is 7.05 Å². The molecule has 0 heterocycles. The monoisotopic (exact) mass is 481 g/mol. The third kappa shape index (κ3) is 14.1. The first-order chi connectivity index (χ1) is 17.1. The molecule has 0 amide bonds. The molecule has 1 nitrogen and oxygen atoms in total. The summed E-state index contributed by atoms with van der Waals surface area (Å²) >= 11 is 0. The zero-order valence-corrected chi connectivity index (χ0v) is 24.0. The molecule has 0 aliphatic carbocycles. The van der Waals surface area contributed by atoms with Gasteiger partial charge in [0, 0.05) is 7.05 Å². The summed E-state index contributed by atoms with van der Waals surface area (Å²) in [5.41, 5.74) is 10.1. The Morgan fingerprint density at radius 2 is 1.28 bits per heavy atom. The lowest BCUT2D eigenvalue weighted by Crippen LogP contribution is -2.01. The van der Waals surface area contributed by atoms with Crippen LogP contribution in [-0.4, -0.2) is 12.8 Å². The zero-order chi connectivity index (χ0) is 27.5. The molecule has 0 fully saturated rings. The first kappa shape index (κ1) is 32.6. The fraction of sp³-hybridized carbons (Fsp3) is 0.286. The van der Waals surface area contributed by atoms with Gasteiger partial charge in [-0.1, -0.05) is 129 Å². The highest BCUT2D eigenvalue weighted by atomic mass is 14.7. The van der Waals surface area contributed by atoms with Gasteiger partial charge in [-0.25, -0.2) is 0 Å². The van der Waals surface area contributed by atoms with Gasteiger partial charge in [0.2, 0.25) is 0 Å². The van der Waals surface area contributed by atoms with E-state index >= 15 is 0 Å². The Labute approximate surface area is 222 Å². The molecule has 0 N–H and O–H groups in total. The lowest BCUT2D eigenvalue weighted by atomic mass is 9.97. The lowest BCUT2D eigenvalue weighted by molar-refractivity contribution is 1.14. The summed E-state index contributed by atoms with van der Waals surface area (Å²) in [6.45, 7) is 26.3. The van der Waals surface area contributed by atoms with Crippen molar-refractivity contribution in [3.63, 3.8) is 0 Å². The van der Waals surface area contributed by atoms with Gasteiger partial charge in [0.1, 0.15) is 0 Å². The fourth-order valence-electron chi connectivity index (χ4n) is 3.21. The molecule has 0 bridgehead atoms. The van der Waals surface area contributed by atoms with Crippen LogP contribution >= 0.6 is 0 Å². The topological polar surface area (TPSA) is 12.4 Å². The number of benzene rings is 2. The summed E-state index contributed by atoms with van der Waals surface area (Å²) < 4.78 is 0. The van der Waals surface area contributed by atoms with Crippen molar-refractivity contribution in [3.05, 3.63) is 143 Å². The second-order valence-electron chi connectivity index (χ2n) is 8.85. The van der Waals surface area contributed by atoms with Gasteiger partial charge >= 0.3 is 0 Å². The van der Waals surface area contributed by atoms with Crippen LogP contribution in [0.4, 0.5) is 0 Å². The van der Waals surface area contributed by atoms with Gasteiger partial charge in [-0.15, -0.1) is 0 Å². The Kier molecular flexibility index (Phi) is 17.0. The minimum absolute atomic E-state index is 0.905. The smallest absolute Gasteiger partial charge is 0.0649 e. The number of rotatable bonds is 8. The molecular weight excluding hydrogens is 434 g/mol. The van der Waals surface area contributed by atoms with Crippen molar-refractivity contribution in [1.29, 1.82) is 0 Å². The summed E-state index contributed by atoms with van der Waals surface area (Å²) in [4.78, 5) is 4.36. The Morgan fingerprint density at radius 1 is 0.778 bits per heavy atom. The standard InChI is InChI=1S/C18H25N.C9H12.C8H10/c1-9-10-16(11-13(2)3)18(19-8)12-17(14(4)5)15(6)7;1-3-9-6-4-8(2)5-7-9;1-2-8-6-4-3-5-7-8/h9-12H,2,4,6H2,1,3,5,7-8H3;4-7H,3H2,1-2H3;3-7H,2H2,1H3/b10-9-,16-11+,19-18?;;. The highest BCUT2D eigenvalue weighted by Crippen LogP contribution is 2.18. The van der Waals surface area contributed by atoms with Gasteiger partial charge in [0.25, 0.3) is 0 Å². The molecule has 0 aromatic heterocycles. The van der Waals surface area contributed by atoms with Crippen LogP contribution in [-0.2, 0) is 12.8 Å². The molecule has 36 heavy (non-hydrogen) atoms. The Balaban J connectivity index is 0.000000587. The van der Waals surface area contributed by atoms with Crippen LogP contribution in [0.3, 0.4) is 0 Å². The molecule has 0 radical (unpaired) electrons. The van der Waals surface area contributed by atoms with Crippen molar-refractivity contribution in [2.24, 2.45) is 4.99 Å². The van der Waals surface area contributed by atoms with E-state index in [0.717, 1.165) is 46.4 Å². The molecule has 0 aliphatic rings. The number of allylic oxidation sites excluding steroid dienone is 9. The van der Waals surface area contributed by atoms with Crippen molar-refractivity contribution in [1.82, 2.24) is 0 Å². The Bertz CT molecular complexity index is 1060. The van der Waals surface area contributed by atoms with Gasteiger partial charge in [-0.2, -0.15) is 0 Å². The molecule has 2 aromatic rings. The molecule has 0 saturated heterocycles. The summed E-state index contributed by atoms with van der Waals surface area (Å²) in [7, 11) is 1.79. The number of nitrogens with zero attached hydrogens (tertiary/aromatic N) is 1. The highest BCUT2D eigenvalue weighted by Gasteiger charge is 2.05. The van der Waals surface area contributed by atoms with E-state index in [1.165, 1.54) is 16.7 Å². The van der Waals surface area contributed by atoms with E-state index in [2.05, 4.69) is 94.0 Å². The molecule has 0 atom stereocenters. The van der Waals surface area contributed by atoms with Gasteiger partial charge in [0.15, 0.2) is 0 Å². The lowest BCUT2D eigenvalue weighted by Gasteiger charge is -2.09. The third-order valence-corrected chi connectivity index (χ3v) is 5.27. The minimum Gasteiger partial charge on any atom is -0.288 e. The van der Waals surface area contributed by atoms with E-state index in [1.54, 1.807) is 7.05 Å². The average molecular weight is 482 g/mol. The van der Waals surface area contributed by atoms with Crippen molar-refractivity contribution in [3.8, 4) is 0 Å². The molecule has 1 heteroatoms. The predicted octanol–water partition coefficient (Wildman–Crippen LogP) is 10.0. The third-order valence-electron chi connectivity index (χ3n) is 5.27. The van der Waals surface area contributed by atoms with E-state index < -0.39 is 0 Å². The SMILES string of the molecule is C=C(C)/C=C(\C=C/C)C(C=C(C(=C)C)C(=C)C)=NC.CCc1ccc(C)cc1.CCc1ccccc1. The van der Waals surface area contributed by atoms with Crippen LogP contribution < -0.4 is 0 Å². The van der Waals surface area contributed by atoms with E-state index in [-0.39, 0.29) is 0 Å². The van der Waals surface area contributed by atoms with Crippen LogP contribution in [0.25, 0.3) is 0 Å². The molecular formula is C35H47N. The second kappa shape index (κ2) is 18.8. The minimum atomic E-state index is 0.905. The first-order valence-electron chi connectivity index (χ1n) is 12.7. The van der Waals surface area contributed by atoms with Gasteiger partial charge in [-0.3, -0.25) is 4.99 Å². The number of hydrogen-bond donors (Lipinski definition) is 0. The highest BCUT2D eigenvalue weighted by molar-refractivity contribution is 6.11. The van der Waals surface area contributed by atoms with Crippen molar-refractivity contribution >= 4 is 5.71 Å². The first-order valence-corrected chi connectivity index (χ1v) is 12.7.